The Bertz CT molecular complexity index is 1010. The molecule has 0 aliphatic heterocycles. The summed E-state index contributed by atoms with van der Waals surface area (Å²) in [5.41, 5.74) is 3.10. The Morgan fingerprint density at radius 3 is 2.68 bits per heavy atom. The lowest BCUT2D eigenvalue weighted by atomic mass is 10.2. The van der Waals surface area contributed by atoms with Crippen LogP contribution < -0.4 is 4.90 Å². The number of benzene rings is 1. The zero-order valence-corrected chi connectivity index (χ0v) is 15.2. The molecule has 0 saturated carbocycles. The molecule has 0 saturated heterocycles. The fourth-order valence-electron chi connectivity index (χ4n) is 2.62. The second kappa shape index (κ2) is 6.74. The summed E-state index contributed by atoms with van der Waals surface area (Å²) in [4.78, 5) is 24.3. The van der Waals surface area contributed by atoms with Crippen molar-refractivity contribution in [3.63, 3.8) is 0 Å². The number of hydrogen-bond donors (Lipinski definition) is 0. The summed E-state index contributed by atoms with van der Waals surface area (Å²) in [5, 5.41) is 2.64. The maximum absolute atomic E-state index is 13.1. The molecule has 3 heterocycles. The van der Waals surface area contributed by atoms with Crippen molar-refractivity contribution >= 4 is 43.9 Å². The number of thiazole rings is 1. The normalized spacial score (nSPS) is 10.9. The van der Waals surface area contributed by atoms with E-state index in [0.29, 0.717) is 11.4 Å². The second-order valence-electron chi connectivity index (χ2n) is 5.64. The zero-order valence-electron chi connectivity index (χ0n) is 13.5. The lowest BCUT2D eigenvalue weighted by Gasteiger charge is -2.19. The first-order valence-electron chi connectivity index (χ1n) is 7.83. The van der Waals surface area contributed by atoms with E-state index in [0.717, 1.165) is 26.5 Å². The maximum atomic E-state index is 13.1. The highest BCUT2D eigenvalue weighted by atomic mass is 32.1. The van der Waals surface area contributed by atoms with Crippen LogP contribution in [0.2, 0.25) is 0 Å². The molecule has 25 heavy (non-hydrogen) atoms. The number of nitrogens with zero attached hydrogens (tertiary/aromatic N) is 3. The van der Waals surface area contributed by atoms with Gasteiger partial charge in [-0.25, -0.2) is 4.98 Å². The molecule has 1 aromatic carbocycles. The van der Waals surface area contributed by atoms with E-state index in [2.05, 4.69) is 4.98 Å². The van der Waals surface area contributed by atoms with E-state index in [1.54, 1.807) is 28.6 Å². The topological polar surface area (TPSA) is 46.1 Å². The Hall–Kier alpha value is -2.57. The molecule has 0 unspecified atom stereocenters. The minimum absolute atomic E-state index is 0.0245. The Kier molecular flexibility index (Phi) is 4.29. The van der Waals surface area contributed by atoms with Crippen LogP contribution in [0.15, 0.2) is 60.2 Å². The number of thiophene rings is 1. The molecule has 6 heteroatoms. The lowest BCUT2D eigenvalue weighted by molar-refractivity contribution is 0.0989. The van der Waals surface area contributed by atoms with Crippen LogP contribution in [0.25, 0.3) is 10.2 Å². The van der Waals surface area contributed by atoms with Gasteiger partial charge in [0, 0.05) is 12.4 Å². The van der Waals surface area contributed by atoms with Gasteiger partial charge in [0.15, 0.2) is 5.13 Å². The Balaban J connectivity index is 1.78. The number of carbonyl (C=O) groups excluding carboxylic acids is 1. The molecule has 0 N–H and O–H groups in total. The van der Waals surface area contributed by atoms with Gasteiger partial charge in [0.25, 0.3) is 5.91 Å². The number of aryl methyl sites for hydroxylation is 1. The molecule has 4 rings (SSSR count). The number of hydrogen-bond acceptors (Lipinski definition) is 5. The Morgan fingerprint density at radius 1 is 1.12 bits per heavy atom. The van der Waals surface area contributed by atoms with E-state index in [1.807, 2.05) is 54.8 Å². The van der Waals surface area contributed by atoms with Gasteiger partial charge >= 0.3 is 0 Å². The molecule has 0 spiro atoms. The van der Waals surface area contributed by atoms with Gasteiger partial charge in [-0.1, -0.05) is 29.5 Å². The van der Waals surface area contributed by atoms with Crippen molar-refractivity contribution in [2.45, 2.75) is 13.5 Å². The SMILES string of the molecule is Cc1cccc2sc(N(Cc3ccncc3)C(=O)c3cccs3)nc12. The summed E-state index contributed by atoms with van der Waals surface area (Å²) in [6, 6.07) is 13.7. The summed E-state index contributed by atoms with van der Waals surface area (Å²) in [6.07, 6.45) is 3.48. The first kappa shape index (κ1) is 15.9. The summed E-state index contributed by atoms with van der Waals surface area (Å²) in [5.74, 6) is -0.0245. The average Bonchev–Trinajstić information content (AvgIpc) is 3.30. The number of para-hydroxylation sites is 1. The standard InChI is InChI=1S/C19H15N3OS2/c1-13-4-2-5-15-17(13)21-19(25-15)22(12-14-7-9-20-10-8-14)18(23)16-6-3-11-24-16/h2-11H,12H2,1H3. The highest BCUT2D eigenvalue weighted by molar-refractivity contribution is 7.22. The lowest BCUT2D eigenvalue weighted by Crippen LogP contribution is -2.29. The molecule has 124 valence electrons. The monoisotopic (exact) mass is 365 g/mol. The average molecular weight is 365 g/mol. The fraction of sp³-hybridized carbons (Fsp3) is 0.105. The van der Waals surface area contributed by atoms with E-state index in [-0.39, 0.29) is 5.91 Å². The van der Waals surface area contributed by atoms with Gasteiger partial charge in [-0.15, -0.1) is 11.3 Å². The van der Waals surface area contributed by atoms with Crippen LogP contribution in [0.4, 0.5) is 5.13 Å². The van der Waals surface area contributed by atoms with E-state index in [9.17, 15) is 4.79 Å². The minimum Gasteiger partial charge on any atom is -0.279 e. The van der Waals surface area contributed by atoms with Gasteiger partial charge in [0.1, 0.15) is 0 Å². The largest absolute Gasteiger partial charge is 0.279 e. The number of rotatable bonds is 4. The third-order valence-corrected chi connectivity index (χ3v) is 5.81. The van der Waals surface area contributed by atoms with E-state index in [1.165, 1.54) is 11.3 Å². The third-order valence-electron chi connectivity index (χ3n) is 3.91. The van der Waals surface area contributed by atoms with Gasteiger partial charge in [0.05, 0.1) is 21.6 Å². The van der Waals surface area contributed by atoms with E-state index in [4.69, 9.17) is 4.98 Å². The molecule has 0 fully saturated rings. The number of aromatic nitrogens is 2. The first-order chi connectivity index (χ1) is 12.2. The zero-order chi connectivity index (χ0) is 17.2. The first-order valence-corrected chi connectivity index (χ1v) is 9.52. The number of carbonyl (C=O) groups is 1. The quantitative estimate of drug-likeness (QED) is 0.516. The van der Waals surface area contributed by atoms with Gasteiger partial charge in [-0.2, -0.15) is 0 Å². The number of fused-ring (bicyclic) bond motifs is 1. The van der Waals surface area contributed by atoms with Crippen LogP contribution in [-0.2, 0) is 6.54 Å². The van der Waals surface area contributed by atoms with Crippen molar-refractivity contribution in [1.82, 2.24) is 9.97 Å². The molecule has 3 aromatic heterocycles. The van der Waals surface area contributed by atoms with E-state index < -0.39 is 0 Å². The van der Waals surface area contributed by atoms with E-state index >= 15 is 0 Å². The van der Waals surface area contributed by atoms with Crippen molar-refractivity contribution in [1.29, 1.82) is 0 Å². The second-order valence-corrected chi connectivity index (χ2v) is 7.60. The maximum Gasteiger partial charge on any atom is 0.270 e. The van der Waals surface area contributed by atoms with Crippen LogP contribution in [-0.4, -0.2) is 15.9 Å². The van der Waals surface area contributed by atoms with Crippen LogP contribution >= 0.6 is 22.7 Å². The molecule has 0 aliphatic carbocycles. The highest BCUT2D eigenvalue weighted by Crippen LogP contribution is 2.32. The van der Waals surface area contributed by atoms with Crippen molar-refractivity contribution in [2.24, 2.45) is 0 Å². The van der Waals surface area contributed by atoms with Crippen molar-refractivity contribution < 1.29 is 4.79 Å². The van der Waals surface area contributed by atoms with Crippen LogP contribution in [0.5, 0.6) is 0 Å². The van der Waals surface area contributed by atoms with Crippen LogP contribution in [0, 0.1) is 6.92 Å². The number of anilines is 1. The minimum atomic E-state index is -0.0245. The van der Waals surface area contributed by atoms with Crippen molar-refractivity contribution in [3.05, 3.63) is 76.2 Å². The summed E-state index contributed by atoms with van der Waals surface area (Å²) in [6.45, 7) is 2.51. The molecule has 4 nitrogen and oxygen atoms in total. The van der Waals surface area contributed by atoms with Crippen LogP contribution in [0.3, 0.4) is 0 Å². The third kappa shape index (κ3) is 3.18. The number of amides is 1. The summed E-state index contributed by atoms with van der Waals surface area (Å²) < 4.78 is 1.09. The van der Waals surface area contributed by atoms with Crippen LogP contribution in [0.1, 0.15) is 20.8 Å². The van der Waals surface area contributed by atoms with Gasteiger partial charge < -0.3 is 0 Å². The Morgan fingerprint density at radius 2 is 1.96 bits per heavy atom. The van der Waals surface area contributed by atoms with Crippen molar-refractivity contribution in [2.75, 3.05) is 4.90 Å². The smallest absolute Gasteiger partial charge is 0.270 e. The highest BCUT2D eigenvalue weighted by Gasteiger charge is 2.22. The molecular weight excluding hydrogens is 350 g/mol. The molecule has 0 bridgehead atoms. The molecular formula is C19H15N3OS2. The molecule has 4 aromatic rings. The summed E-state index contributed by atoms with van der Waals surface area (Å²) in [7, 11) is 0. The van der Waals surface area contributed by atoms with Crippen molar-refractivity contribution in [3.8, 4) is 0 Å². The molecule has 0 atom stereocenters. The molecule has 0 radical (unpaired) electrons. The molecule has 0 aliphatic rings. The number of pyridine rings is 1. The Labute approximate surface area is 153 Å². The summed E-state index contributed by atoms with van der Waals surface area (Å²) >= 11 is 3.00. The fourth-order valence-corrected chi connectivity index (χ4v) is 4.33. The predicted molar refractivity (Wildman–Crippen MR) is 103 cm³/mol. The van der Waals surface area contributed by atoms with Gasteiger partial charge in [-0.05, 0) is 47.7 Å². The predicted octanol–water partition coefficient (Wildman–Crippen LogP) is 4.91. The van der Waals surface area contributed by atoms with Gasteiger partial charge in [-0.3, -0.25) is 14.7 Å². The van der Waals surface area contributed by atoms with Gasteiger partial charge in [0.2, 0.25) is 0 Å². The molecule has 1 amide bonds.